The molecule has 0 spiro atoms. The van der Waals surface area contributed by atoms with E-state index in [0.29, 0.717) is 40.3 Å². The fourth-order valence-corrected chi connectivity index (χ4v) is 5.24. The van der Waals surface area contributed by atoms with Crippen LogP contribution in [0.1, 0.15) is 48.3 Å². The highest BCUT2D eigenvalue weighted by molar-refractivity contribution is 6.30. The lowest BCUT2D eigenvalue weighted by Gasteiger charge is -2.36. The zero-order valence-corrected chi connectivity index (χ0v) is 20.6. The summed E-state index contributed by atoms with van der Waals surface area (Å²) in [4.78, 5) is 27.1. The summed E-state index contributed by atoms with van der Waals surface area (Å²) in [7, 11) is 0. The number of hydrogen-bond acceptors (Lipinski definition) is 5. The van der Waals surface area contributed by atoms with Crippen molar-refractivity contribution in [3.05, 3.63) is 123 Å². The molecule has 6 heteroatoms. The number of carbonyl (C=O) groups excluding carboxylic acids is 2. The summed E-state index contributed by atoms with van der Waals surface area (Å²) in [5.41, 5.74) is 4.98. The Labute approximate surface area is 215 Å². The Morgan fingerprint density at radius 2 is 1.75 bits per heavy atom. The van der Waals surface area contributed by atoms with Crippen LogP contribution in [-0.2, 0) is 20.9 Å². The van der Waals surface area contributed by atoms with Crippen LogP contribution in [0.2, 0.25) is 5.02 Å². The molecule has 2 atom stereocenters. The molecule has 1 heterocycles. The molecule has 1 aliphatic carbocycles. The third-order valence-electron chi connectivity index (χ3n) is 6.81. The number of aromatic hydroxyl groups is 1. The topological polar surface area (TPSA) is 75.6 Å². The van der Waals surface area contributed by atoms with Gasteiger partial charge in [0.2, 0.25) is 0 Å². The van der Waals surface area contributed by atoms with Gasteiger partial charge in [-0.1, -0.05) is 66.2 Å². The van der Waals surface area contributed by atoms with Gasteiger partial charge in [-0.3, -0.25) is 4.79 Å². The molecule has 0 radical (unpaired) electrons. The van der Waals surface area contributed by atoms with Gasteiger partial charge in [-0.25, -0.2) is 4.79 Å². The molecule has 3 aromatic rings. The number of phenolic OH excluding ortho intramolecular Hbond substituents is 1. The maximum Gasteiger partial charge on any atom is 0.337 e. The van der Waals surface area contributed by atoms with Gasteiger partial charge in [0.1, 0.15) is 12.4 Å². The van der Waals surface area contributed by atoms with E-state index < -0.39 is 11.9 Å². The highest BCUT2D eigenvalue weighted by Crippen LogP contribution is 2.46. The molecule has 2 aliphatic rings. The number of dihydropyridines is 1. The molecule has 0 amide bonds. The molecular weight excluding hydrogens is 474 g/mol. The lowest BCUT2D eigenvalue weighted by molar-refractivity contribution is -0.140. The number of Topliss-reactive ketones (excluding diaryl/α,β-unsaturated/α-hetero) is 1. The predicted molar refractivity (Wildman–Crippen MR) is 138 cm³/mol. The van der Waals surface area contributed by atoms with Crippen LogP contribution in [0.15, 0.2) is 101 Å². The maximum absolute atomic E-state index is 13.6. The number of nitrogens with one attached hydrogen (secondary N) is 1. The Morgan fingerprint density at radius 1 is 1.00 bits per heavy atom. The molecule has 182 valence electrons. The first kappa shape index (κ1) is 23.9. The normalized spacial score (nSPS) is 19.6. The molecule has 2 N–H and O–H groups in total. The van der Waals surface area contributed by atoms with E-state index in [0.717, 1.165) is 16.8 Å². The van der Waals surface area contributed by atoms with E-state index in [-0.39, 0.29) is 24.1 Å². The molecule has 0 saturated heterocycles. The lowest BCUT2D eigenvalue weighted by Crippen LogP contribution is -2.36. The van der Waals surface area contributed by atoms with Gasteiger partial charge in [0, 0.05) is 34.3 Å². The lowest BCUT2D eigenvalue weighted by atomic mass is 9.71. The van der Waals surface area contributed by atoms with Crippen molar-refractivity contribution >= 4 is 23.4 Å². The zero-order valence-electron chi connectivity index (χ0n) is 19.8. The SMILES string of the molecule is CC1=C(C(=O)OCc2ccccc2)[C@@H](c2cccc(O)c2)C2=C(C[C@H](c3ccc(Cl)cc3)CC2=O)N1. The third kappa shape index (κ3) is 4.79. The summed E-state index contributed by atoms with van der Waals surface area (Å²) in [6, 6.07) is 23.8. The van der Waals surface area contributed by atoms with Crippen molar-refractivity contribution < 1.29 is 19.4 Å². The molecule has 0 bridgehead atoms. The second-order valence-corrected chi connectivity index (χ2v) is 9.66. The molecule has 0 fully saturated rings. The van der Waals surface area contributed by atoms with Crippen LogP contribution in [0.5, 0.6) is 5.75 Å². The minimum Gasteiger partial charge on any atom is -0.508 e. The van der Waals surface area contributed by atoms with Crippen molar-refractivity contribution in [3.8, 4) is 5.75 Å². The largest absolute Gasteiger partial charge is 0.508 e. The summed E-state index contributed by atoms with van der Waals surface area (Å²) in [6.45, 7) is 1.96. The Hall–Kier alpha value is -3.83. The van der Waals surface area contributed by atoms with E-state index in [4.69, 9.17) is 16.3 Å². The molecule has 0 unspecified atom stereocenters. The Morgan fingerprint density at radius 3 is 2.47 bits per heavy atom. The van der Waals surface area contributed by atoms with Gasteiger partial charge in [-0.15, -0.1) is 0 Å². The van der Waals surface area contributed by atoms with E-state index >= 15 is 0 Å². The van der Waals surface area contributed by atoms with Crippen molar-refractivity contribution in [2.45, 2.75) is 38.2 Å². The standard InChI is InChI=1S/C30H26ClNO4/c1-18-27(30(35)36-17-19-6-3-2-4-7-19)28(21-8-5-9-24(33)14-21)29-25(32-18)15-22(16-26(29)34)20-10-12-23(31)13-11-20/h2-14,22,28,32-33H,15-17H2,1H3/t22-,28+/m0/s1. The molecule has 0 saturated carbocycles. The van der Waals surface area contributed by atoms with Crippen molar-refractivity contribution in [2.75, 3.05) is 0 Å². The second-order valence-electron chi connectivity index (χ2n) is 9.23. The van der Waals surface area contributed by atoms with Crippen LogP contribution in [0.25, 0.3) is 0 Å². The van der Waals surface area contributed by atoms with Gasteiger partial charge < -0.3 is 15.2 Å². The predicted octanol–water partition coefficient (Wildman–Crippen LogP) is 6.15. The van der Waals surface area contributed by atoms with E-state index in [9.17, 15) is 14.7 Å². The summed E-state index contributed by atoms with van der Waals surface area (Å²) < 4.78 is 5.69. The zero-order chi connectivity index (χ0) is 25.2. The molecule has 36 heavy (non-hydrogen) atoms. The number of ether oxygens (including phenoxy) is 1. The number of rotatable bonds is 5. The van der Waals surface area contributed by atoms with Gasteiger partial charge >= 0.3 is 5.97 Å². The van der Waals surface area contributed by atoms with Crippen LogP contribution in [0, 0.1) is 0 Å². The van der Waals surface area contributed by atoms with Crippen LogP contribution in [0.3, 0.4) is 0 Å². The van der Waals surface area contributed by atoms with Crippen molar-refractivity contribution in [1.82, 2.24) is 5.32 Å². The third-order valence-corrected chi connectivity index (χ3v) is 7.06. The number of esters is 1. The summed E-state index contributed by atoms with van der Waals surface area (Å²) in [5.74, 6) is -1.07. The summed E-state index contributed by atoms with van der Waals surface area (Å²) in [5, 5.41) is 14.2. The number of phenols is 1. The highest BCUT2D eigenvalue weighted by atomic mass is 35.5. The Balaban J connectivity index is 1.51. The van der Waals surface area contributed by atoms with Crippen LogP contribution in [0.4, 0.5) is 0 Å². The van der Waals surface area contributed by atoms with E-state index in [2.05, 4.69) is 5.32 Å². The van der Waals surface area contributed by atoms with Crippen LogP contribution < -0.4 is 5.32 Å². The monoisotopic (exact) mass is 499 g/mol. The number of carbonyl (C=O) groups is 2. The fraction of sp³-hybridized carbons (Fsp3) is 0.200. The molecule has 5 rings (SSSR count). The van der Waals surface area contributed by atoms with Gasteiger partial charge in [-0.05, 0) is 60.2 Å². The van der Waals surface area contributed by atoms with Gasteiger partial charge in [0.05, 0.1) is 5.57 Å². The minimum atomic E-state index is -0.629. The van der Waals surface area contributed by atoms with Gasteiger partial charge in [-0.2, -0.15) is 0 Å². The fourth-order valence-electron chi connectivity index (χ4n) is 5.12. The molecular formula is C30H26ClNO4. The second kappa shape index (κ2) is 10.0. The highest BCUT2D eigenvalue weighted by Gasteiger charge is 2.41. The number of ketones is 1. The van der Waals surface area contributed by atoms with E-state index in [1.54, 1.807) is 18.2 Å². The quantitative estimate of drug-likeness (QED) is 0.412. The number of halogens is 1. The molecule has 3 aromatic carbocycles. The van der Waals surface area contributed by atoms with Crippen LogP contribution in [-0.4, -0.2) is 16.9 Å². The van der Waals surface area contributed by atoms with Crippen molar-refractivity contribution in [1.29, 1.82) is 0 Å². The molecule has 5 nitrogen and oxygen atoms in total. The first-order chi connectivity index (χ1) is 17.4. The first-order valence-corrected chi connectivity index (χ1v) is 12.3. The molecule has 0 aromatic heterocycles. The van der Waals surface area contributed by atoms with Crippen molar-refractivity contribution in [3.63, 3.8) is 0 Å². The summed E-state index contributed by atoms with van der Waals surface area (Å²) >= 11 is 6.06. The smallest absolute Gasteiger partial charge is 0.337 e. The van der Waals surface area contributed by atoms with E-state index in [1.165, 1.54) is 0 Å². The maximum atomic E-state index is 13.6. The average Bonchev–Trinajstić information content (AvgIpc) is 2.87. The number of benzene rings is 3. The van der Waals surface area contributed by atoms with Gasteiger partial charge in [0.15, 0.2) is 5.78 Å². The van der Waals surface area contributed by atoms with E-state index in [1.807, 2.05) is 67.6 Å². The summed E-state index contributed by atoms with van der Waals surface area (Å²) in [6.07, 6.45) is 0.949. The number of hydrogen-bond donors (Lipinski definition) is 2. The first-order valence-electron chi connectivity index (χ1n) is 11.9. The average molecular weight is 500 g/mol. The van der Waals surface area contributed by atoms with Crippen molar-refractivity contribution in [2.24, 2.45) is 0 Å². The van der Waals surface area contributed by atoms with Crippen LogP contribution >= 0.6 is 11.6 Å². The number of allylic oxidation sites excluding steroid dienone is 3. The van der Waals surface area contributed by atoms with Gasteiger partial charge in [0.25, 0.3) is 0 Å². The minimum absolute atomic E-state index is 0.00484. The Kier molecular flexibility index (Phi) is 6.66. The molecule has 1 aliphatic heterocycles. The Bertz CT molecular complexity index is 1380.